The first-order valence-electron chi connectivity index (χ1n) is 6.16. The minimum Gasteiger partial charge on any atom is -0.396 e. The Bertz CT molecular complexity index is 352. The van der Waals surface area contributed by atoms with Gasteiger partial charge in [-0.25, -0.2) is 4.98 Å². The van der Waals surface area contributed by atoms with Crippen molar-refractivity contribution in [2.24, 2.45) is 0 Å². The molecule has 0 fully saturated rings. The molecular formula is C13H20N2O. The topological polar surface area (TPSA) is 45.1 Å². The average Bonchev–Trinajstić information content (AvgIpc) is 2.73. The third kappa shape index (κ3) is 2.73. The molecule has 0 amide bonds. The molecule has 3 heteroatoms. The van der Waals surface area contributed by atoms with E-state index in [1.165, 1.54) is 24.1 Å². The number of aliphatic hydroxyl groups excluding tert-OH is 1. The molecule has 0 radical (unpaired) electrons. The molecule has 16 heavy (non-hydrogen) atoms. The van der Waals surface area contributed by atoms with Crippen molar-refractivity contribution in [3.63, 3.8) is 0 Å². The number of hydrogen-bond donors (Lipinski definition) is 2. The number of nitrogens with zero attached hydrogens (tertiary/aromatic N) is 1. The summed E-state index contributed by atoms with van der Waals surface area (Å²) in [5, 5.41) is 12.1. The lowest BCUT2D eigenvalue weighted by atomic mass is 10.2. The summed E-state index contributed by atoms with van der Waals surface area (Å²) >= 11 is 0. The highest BCUT2D eigenvalue weighted by Crippen LogP contribution is 2.22. The number of hydrogen-bond acceptors (Lipinski definition) is 3. The highest BCUT2D eigenvalue weighted by Gasteiger charge is 2.12. The lowest BCUT2D eigenvalue weighted by Crippen LogP contribution is -2.16. The molecule has 0 saturated heterocycles. The zero-order valence-electron chi connectivity index (χ0n) is 9.87. The zero-order chi connectivity index (χ0) is 11.4. The van der Waals surface area contributed by atoms with E-state index in [-0.39, 0.29) is 6.61 Å². The summed E-state index contributed by atoms with van der Waals surface area (Å²) in [7, 11) is 0. The third-order valence-corrected chi connectivity index (χ3v) is 3.12. The van der Waals surface area contributed by atoms with Gasteiger partial charge in [0.05, 0.1) is 0 Å². The normalized spacial score (nSPS) is 15.9. The number of aryl methyl sites for hydroxylation is 2. The van der Waals surface area contributed by atoms with E-state index in [1.54, 1.807) is 0 Å². The first kappa shape index (κ1) is 11.4. The summed E-state index contributed by atoms with van der Waals surface area (Å²) in [6, 6.07) is 4.63. The van der Waals surface area contributed by atoms with Crippen LogP contribution in [0.15, 0.2) is 12.1 Å². The van der Waals surface area contributed by atoms with Crippen molar-refractivity contribution in [2.45, 2.75) is 45.1 Å². The first-order chi connectivity index (χ1) is 7.79. The van der Waals surface area contributed by atoms with Gasteiger partial charge in [0.15, 0.2) is 0 Å². The Morgan fingerprint density at radius 3 is 3.12 bits per heavy atom. The van der Waals surface area contributed by atoms with Gasteiger partial charge in [-0.3, -0.25) is 0 Å². The minimum absolute atomic E-state index is 0.267. The van der Waals surface area contributed by atoms with Crippen molar-refractivity contribution >= 4 is 5.82 Å². The van der Waals surface area contributed by atoms with Crippen LogP contribution in [0.3, 0.4) is 0 Å². The molecule has 2 rings (SSSR count). The Labute approximate surface area is 96.9 Å². The van der Waals surface area contributed by atoms with Gasteiger partial charge in [0.1, 0.15) is 5.82 Å². The number of aliphatic hydroxyl groups is 1. The maximum absolute atomic E-state index is 8.76. The summed E-state index contributed by atoms with van der Waals surface area (Å²) < 4.78 is 0. The largest absolute Gasteiger partial charge is 0.396 e. The molecule has 3 nitrogen and oxygen atoms in total. The lowest BCUT2D eigenvalue weighted by Gasteiger charge is -2.14. The summed E-state index contributed by atoms with van der Waals surface area (Å²) in [4.78, 5) is 4.63. The Kier molecular flexibility index (Phi) is 3.78. The Balaban J connectivity index is 1.94. The Hall–Kier alpha value is -1.09. The van der Waals surface area contributed by atoms with Crippen LogP contribution in [-0.2, 0) is 12.8 Å². The molecule has 88 valence electrons. The van der Waals surface area contributed by atoms with Gasteiger partial charge in [-0.15, -0.1) is 0 Å². The highest BCUT2D eigenvalue weighted by molar-refractivity contribution is 5.41. The third-order valence-electron chi connectivity index (χ3n) is 3.12. The van der Waals surface area contributed by atoms with Crippen LogP contribution in [0, 0.1) is 0 Å². The standard InChI is InChI=1S/C13H20N2O/c1-10(4-3-9-16)14-13-8-7-11-5-2-6-12(11)15-13/h7-8,10,16H,2-6,9H2,1H3,(H,14,15). The summed E-state index contributed by atoms with van der Waals surface area (Å²) in [5.74, 6) is 0.978. The molecular weight excluding hydrogens is 200 g/mol. The molecule has 1 heterocycles. The molecule has 0 saturated carbocycles. The summed E-state index contributed by atoms with van der Waals surface area (Å²) in [6.45, 7) is 2.40. The van der Waals surface area contributed by atoms with Crippen LogP contribution in [0.5, 0.6) is 0 Å². The quantitative estimate of drug-likeness (QED) is 0.799. The van der Waals surface area contributed by atoms with Crippen molar-refractivity contribution in [2.75, 3.05) is 11.9 Å². The van der Waals surface area contributed by atoms with E-state index in [2.05, 4.69) is 29.4 Å². The smallest absolute Gasteiger partial charge is 0.126 e. The first-order valence-corrected chi connectivity index (χ1v) is 6.16. The lowest BCUT2D eigenvalue weighted by molar-refractivity contribution is 0.282. The SMILES string of the molecule is CC(CCCO)Nc1ccc2c(n1)CCC2. The van der Waals surface area contributed by atoms with Gasteiger partial charge in [0.2, 0.25) is 0 Å². The molecule has 0 aliphatic heterocycles. The van der Waals surface area contributed by atoms with Gasteiger partial charge in [0, 0.05) is 18.3 Å². The predicted molar refractivity (Wildman–Crippen MR) is 65.7 cm³/mol. The monoisotopic (exact) mass is 220 g/mol. The van der Waals surface area contributed by atoms with E-state index in [0.29, 0.717) is 6.04 Å². The van der Waals surface area contributed by atoms with Crippen LogP contribution in [-0.4, -0.2) is 22.7 Å². The number of aromatic nitrogens is 1. The second kappa shape index (κ2) is 5.30. The van der Waals surface area contributed by atoms with Crippen molar-refractivity contribution in [3.05, 3.63) is 23.4 Å². The van der Waals surface area contributed by atoms with Crippen molar-refractivity contribution < 1.29 is 5.11 Å². The number of rotatable bonds is 5. The van der Waals surface area contributed by atoms with Crippen LogP contribution in [0.4, 0.5) is 5.82 Å². The van der Waals surface area contributed by atoms with Crippen LogP contribution >= 0.6 is 0 Å². The van der Waals surface area contributed by atoms with Crippen LogP contribution < -0.4 is 5.32 Å². The number of anilines is 1. The molecule has 1 unspecified atom stereocenters. The van der Waals surface area contributed by atoms with E-state index in [4.69, 9.17) is 5.11 Å². The molecule has 1 aliphatic carbocycles. The van der Waals surface area contributed by atoms with E-state index in [9.17, 15) is 0 Å². The Morgan fingerprint density at radius 1 is 1.44 bits per heavy atom. The zero-order valence-corrected chi connectivity index (χ0v) is 9.87. The maximum Gasteiger partial charge on any atom is 0.126 e. The average molecular weight is 220 g/mol. The fourth-order valence-corrected chi connectivity index (χ4v) is 2.22. The molecule has 1 atom stereocenters. The maximum atomic E-state index is 8.76. The molecule has 2 N–H and O–H groups in total. The number of pyridine rings is 1. The van der Waals surface area contributed by atoms with E-state index in [0.717, 1.165) is 25.1 Å². The van der Waals surface area contributed by atoms with Crippen molar-refractivity contribution in [3.8, 4) is 0 Å². The van der Waals surface area contributed by atoms with Gasteiger partial charge >= 0.3 is 0 Å². The van der Waals surface area contributed by atoms with E-state index in [1.807, 2.05) is 0 Å². The van der Waals surface area contributed by atoms with Gasteiger partial charge in [-0.2, -0.15) is 0 Å². The number of fused-ring (bicyclic) bond motifs is 1. The molecule has 1 aromatic rings. The molecule has 0 spiro atoms. The summed E-state index contributed by atoms with van der Waals surface area (Å²) in [6.07, 6.45) is 5.37. The minimum atomic E-state index is 0.267. The van der Waals surface area contributed by atoms with Gasteiger partial charge < -0.3 is 10.4 Å². The van der Waals surface area contributed by atoms with Crippen molar-refractivity contribution in [1.29, 1.82) is 0 Å². The van der Waals surface area contributed by atoms with E-state index < -0.39 is 0 Å². The summed E-state index contributed by atoms with van der Waals surface area (Å²) in [5.41, 5.74) is 2.67. The Morgan fingerprint density at radius 2 is 2.31 bits per heavy atom. The second-order valence-electron chi connectivity index (χ2n) is 4.57. The van der Waals surface area contributed by atoms with Gasteiger partial charge in [0.25, 0.3) is 0 Å². The molecule has 0 bridgehead atoms. The predicted octanol–water partition coefficient (Wildman–Crippen LogP) is 2.14. The molecule has 0 aromatic carbocycles. The fourth-order valence-electron chi connectivity index (χ4n) is 2.22. The molecule has 1 aromatic heterocycles. The van der Waals surface area contributed by atoms with Crippen LogP contribution in [0.2, 0.25) is 0 Å². The second-order valence-corrected chi connectivity index (χ2v) is 4.57. The van der Waals surface area contributed by atoms with Gasteiger partial charge in [-0.1, -0.05) is 6.07 Å². The van der Waals surface area contributed by atoms with Crippen molar-refractivity contribution in [1.82, 2.24) is 4.98 Å². The highest BCUT2D eigenvalue weighted by atomic mass is 16.2. The van der Waals surface area contributed by atoms with Crippen LogP contribution in [0.25, 0.3) is 0 Å². The number of nitrogens with one attached hydrogen (secondary N) is 1. The fraction of sp³-hybridized carbons (Fsp3) is 0.615. The molecule has 1 aliphatic rings. The van der Waals surface area contributed by atoms with Gasteiger partial charge in [-0.05, 0) is 50.7 Å². The van der Waals surface area contributed by atoms with E-state index >= 15 is 0 Å². The van der Waals surface area contributed by atoms with Crippen LogP contribution in [0.1, 0.15) is 37.4 Å².